The number of halogens is 3. The quantitative estimate of drug-likeness (QED) is 0.401. The van der Waals surface area contributed by atoms with Gasteiger partial charge in [0.25, 0.3) is 0 Å². The first kappa shape index (κ1) is 25.6. The second-order valence-corrected chi connectivity index (χ2v) is 10.2. The molecule has 0 bridgehead atoms. The summed E-state index contributed by atoms with van der Waals surface area (Å²) in [5.41, 5.74) is -0.683. The van der Waals surface area contributed by atoms with Crippen molar-refractivity contribution in [2.75, 3.05) is 7.11 Å². The first-order valence-electron chi connectivity index (χ1n) is 11.2. The summed E-state index contributed by atoms with van der Waals surface area (Å²) in [4.78, 5) is 2.86. The third-order valence-corrected chi connectivity index (χ3v) is 6.73. The van der Waals surface area contributed by atoms with E-state index in [1.165, 1.54) is 7.11 Å². The van der Waals surface area contributed by atoms with Crippen molar-refractivity contribution >= 4 is 10.9 Å². The molecule has 3 rings (SSSR count). The fourth-order valence-corrected chi connectivity index (χ4v) is 4.52. The van der Waals surface area contributed by atoms with Crippen LogP contribution in [0, 0.1) is 16.7 Å². The monoisotopic (exact) mass is 472 g/mol. The molecule has 0 aliphatic carbocycles. The van der Waals surface area contributed by atoms with E-state index in [0.29, 0.717) is 22.2 Å². The van der Waals surface area contributed by atoms with Gasteiger partial charge in [-0.05, 0) is 47.9 Å². The molecule has 34 heavy (non-hydrogen) atoms. The van der Waals surface area contributed by atoms with Gasteiger partial charge >= 0.3 is 6.18 Å². The van der Waals surface area contributed by atoms with Crippen LogP contribution in [-0.2, 0) is 5.41 Å². The van der Waals surface area contributed by atoms with Crippen molar-refractivity contribution in [2.24, 2.45) is 5.41 Å². The molecule has 1 aromatic heterocycles. The number of H-pyrrole nitrogens is 1. The summed E-state index contributed by atoms with van der Waals surface area (Å²) in [7, 11) is 1.49. The Morgan fingerprint density at radius 1 is 1.09 bits per heavy atom. The fraction of sp³-hybridized carbons (Fsp3) is 0.444. The van der Waals surface area contributed by atoms with Gasteiger partial charge in [0, 0.05) is 10.9 Å². The highest BCUT2D eigenvalue weighted by Crippen LogP contribution is 2.54. The van der Waals surface area contributed by atoms with Gasteiger partial charge in [0.2, 0.25) is 0 Å². The number of aromatic nitrogens is 1. The van der Waals surface area contributed by atoms with Gasteiger partial charge in [-0.15, -0.1) is 0 Å². The molecule has 1 heterocycles. The normalized spacial score (nSPS) is 16.0. The highest BCUT2D eigenvalue weighted by atomic mass is 19.4. The lowest BCUT2D eigenvalue weighted by Crippen LogP contribution is -2.42. The summed E-state index contributed by atoms with van der Waals surface area (Å²) >= 11 is 0. The SMILES string of the molecule is COc1ccc(C(C)(C)C)cc1C(C)CC(C)(C(O)c1[nH]c2ccccc2c1C#N)C(F)(F)F. The Kier molecular flexibility index (Phi) is 6.78. The summed E-state index contributed by atoms with van der Waals surface area (Å²) in [6.45, 7) is 8.82. The fourth-order valence-electron chi connectivity index (χ4n) is 4.52. The summed E-state index contributed by atoms with van der Waals surface area (Å²) < 4.78 is 49.2. The molecule has 0 spiro atoms. The highest BCUT2D eigenvalue weighted by molar-refractivity contribution is 5.87. The van der Waals surface area contributed by atoms with E-state index in [1.807, 2.05) is 39.0 Å². The van der Waals surface area contributed by atoms with E-state index in [0.717, 1.165) is 12.5 Å². The zero-order chi connectivity index (χ0) is 25.5. The lowest BCUT2D eigenvalue weighted by atomic mass is 9.72. The van der Waals surface area contributed by atoms with Crippen LogP contribution in [0.3, 0.4) is 0 Å². The number of aromatic amines is 1. The highest BCUT2D eigenvalue weighted by Gasteiger charge is 2.57. The molecule has 0 amide bonds. The number of aliphatic hydroxyl groups is 1. The molecule has 2 N–H and O–H groups in total. The van der Waals surface area contributed by atoms with Gasteiger partial charge in [-0.3, -0.25) is 0 Å². The number of para-hydroxylation sites is 1. The number of rotatable bonds is 6. The van der Waals surface area contributed by atoms with Crippen molar-refractivity contribution in [3.8, 4) is 11.8 Å². The van der Waals surface area contributed by atoms with E-state index in [4.69, 9.17) is 4.74 Å². The second-order valence-electron chi connectivity index (χ2n) is 10.2. The molecule has 0 saturated carbocycles. The number of nitrogens with zero attached hydrogens (tertiary/aromatic N) is 1. The maximum atomic E-state index is 14.6. The van der Waals surface area contributed by atoms with E-state index in [-0.39, 0.29) is 16.7 Å². The maximum Gasteiger partial charge on any atom is 0.397 e. The summed E-state index contributed by atoms with van der Waals surface area (Å²) in [5.74, 6) is -0.0868. The largest absolute Gasteiger partial charge is 0.496 e. The number of fused-ring (bicyclic) bond motifs is 1. The third-order valence-electron chi connectivity index (χ3n) is 6.73. The average molecular weight is 473 g/mol. The number of nitriles is 1. The number of hydrogen-bond acceptors (Lipinski definition) is 3. The average Bonchev–Trinajstić information content (AvgIpc) is 3.15. The van der Waals surface area contributed by atoms with Crippen molar-refractivity contribution in [3.05, 3.63) is 64.8 Å². The molecule has 3 atom stereocenters. The Morgan fingerprint density at radius 2 is 1.74 bits per heavy atom. The van der Waals surface area contributed by atoms with Gasteiger partial charge in [0.15, 0.2) is 0 Å². The number of nitrogens with one attached hydrogen (secondary N) is 1. The first-order valence-corrected chi connectivity index (χ1v) is 11.2. The molecule has 0 saturated heterocycles. The topological polar surface area (TPSA) is 69.0 Å². The Hall–Kier alpha value is -2.98. The van der Waals surface area contributed by atoms with Crippen molar-refractivity contribution in [1.82, 2.24) is 4.98 Å². The minimum Gasteiger partial charge on any atom is -0.496 e. The van der Waals surface area contributed by atoms with E-state index in [2.05, 4.69) is 4.98 Å². The standard InChI is InChI=1S/C27H31F3N2O2/c1-16(19-13-17(25(2,3)4)11-12-22(19)34-6)14-26(5,27(28,29)30)24(33)23-20(15-31)18-9-7-8-10-21(18)32-23/h7-13,16,24,32-33H,14H2,1-6H3. The Balaban J connectivity index is 2.09. The van der Waals surface area contributed by atoms with E-state index in [9.17, 15) is 23.5 Å². The first-order chi connectivity index (χ1) is 15.7. The number of ether oxygens (including phenoxy) is 1. The smallest absolute Gasteiger partial charge is 0.397 e. The minimum atomic E-state index is -4.74. The number of hydrogen-bond donors (Lipinski definition) is 2. The van der Waals surface area contributed by atoms with Crippen LogP contribution in [0.25, 0.3) is 10.9 Å². The van der Waals surface area contributed by atoms with Crippen LogP contribution in [0.5, 0.6) is 5.75 Å². The van der Waals surface area contributed by atoms with Crippen molar-refractivity contribution < 1.29 is 23.0 Å². The zero-order valence-corrected chi connectivity index (χ0v) is 20.3. The number of alkyl halides is 3. The molecule has 0 radical (unpaired) electrons. The third kappa shape index (κ3) is 4.52. The predicted octanol–water partition coefficient (Wildman–Crippen LogP) is 7.14. The lowest BCUT2D eigenvalue weighted by Gasteiger charge is -2.38. The van der Waals surface area contributed by atoms with Gasteiger partial charge in [-0.25, -0.2) is 0 Å². The maximum absolute atomic E-state index is 14.6. The van der Waals surface area contributed by atoms with E-state index < -0.39 is 30.0 Å². The molecular formula is C27H31F3N2O2. The van der Waals surface area contributed by atoms with E-state index >= 15 is 0 Å². The predicted molar refractivity (Wildman–Crippen MR) is 127 cm³/mol. The van der Waals surface area contributed by atoms with Crippen LogP contribution in [0.4, 0.5) is 13.2 Å². The summed E-state index contributed by atoms with van der Waals surface area (Å²) in [6.07, 6.45) is -7.10. The Morgan fingerprint density at radius 3 is 2.29 bits per heavy atom. The Bertz CT molecular complexity index is 1220. The number of aliphatic hydroxyl groups excluding tert-OH is 1. The van der Waals surface area contributed by atoms with Crippen LogP contribution in [0.15, 0.2) is 42.5 Å². The van der Waals surface area contributed by atoms with Crippen LogP contribution in [0.2, 0.25) is 0 Å². The zero-order valence-electron chi connectivity index (χ0n) is 20.3. The van der Waals surface area contributed by atoms with Crippen molar-refractivity contribution in [2.45, 2.75) is 64.7 Å². The molecule has 3 aromatic rings. The van der Waals surface area contributed by atoms with Gasteiger partial charge in [0.05, 0.1) is 23.8 Å². The molecule has 2 aromatic carbocycles. The van der Waals surface area contributed by atoms with Gasteiger partial charge < -0.3 is 14.8 Å². The number of benzene rings is 2. The molecule has 7 heteroatoms. The van der Waals surface area contributed by atoms with Crippen LogP contribution < -0.4 is 4.74 Å². The van der Waals surface area contributed by atoms with Gasteiger partial charge in [-0.2, -0.15) is 18.4 Å². The molecule has 0 aliphatic rings. The van der Waals surface area contributed by atoms with Gasteiger partial charge in [0.1, 0.15) is 17.9 Å². The molecule has 4 nitrogen and oxygen atoms in total. The van der Waals surface area contributed by atoms with Crippen molar-refractivity contribution in [3.63, 3.8) is 0 Å². The molecule has 3 unspecified atom stereocenters. The summed E-state index contributed by atoms with van der Waals surface area (Å²) in [6, 6.07) is 14.3. The minimum absolute atomic E-state index is 0.0264. The Labute approximate surface area is 198 Å². The second kappa shape index (κ2) is 8.99. The van der Waals surface area contributed by atoms with Gasteiger partial charge in [-0.1, -0.05) is 58.0 Å². The van der Waals surface area contributed by atoms with Crippen molar-refractivity contribution in [1.29, 1.82) is 5.26 Å². The van der Waals surface area contributed by atoms with E-state index in [1.54, 1.807) is 37.3 Å². The summed E-state index contributed by atoms with van der Waals surface area (Å²) in [5, 5.41) is 21.3. The van der Waals surface area contributed by atoms with Crippen LogP contribution >= 0.6 is 0 Å². The van der Waals surface area contributed by atoms with Crippen LogP contribution in [-0.4, -0.2) is 23.4 Å². The molecule has 0 fully saturated rings. The van der Waals surface area contributed by atoms with Crippen LogP contribution in [0.1, 0.15) is 75.4 Å². The lowest BCUT2D eigenvalue weighted by molar-refractivity contribution is -0.254. The molecule has 182 valence electrons. The number of methoxy groups -OCH3 is 1. The molecular weight excluding hydrogens is 441 g/mol. The molecule has 0 aliphatic heterocycles.